The number of nitrogens with two attached hydrogens (primary N) is 1. The highest BCUT2D eigenvalue weighted by Gasteiger charge is 2.15. The molecule has 0 aliphatic carbocycles. The van der Waals surface area contributed by atoms with Crippen molar-refractivity contribution in [2.75, 3.05) is 0 Å². The monoisotopic (exact) mass is 303 g/mol. The quantitative estimate of drug-likeness (QED) is 0.799. The Hall–Kier alpha value is -2.70. The molecule has 0 aliphatic heterocycles. The molecule has 7 nitrogen and oxygen atoms in total. The summed E-state index contributed by atoms with van der Waals surface area (Å²) >= 11 is 0. The number of amides is 1. The Morgan fingerprint density at radius 3 is 2.73 bits per heavy atom. The fourth-order valence-electron chi connectivity index (χ4n) is 2.02. The van der Waals surface area contributed by atoms with Gasteiger partial charge < -0.3 is 10.5 Å². The van der Waals surface area contributed by atoms with E-state index < -0.39 is 18.0 Å². The average molecular weight is 303 g/mol. The van der Waals surface area contributed by atoms with Gasteiger partial charge in [-0.2, -0.15) is 0 Å². The van der Waals surface area contributed by atoms with Crippen LogP contribution in [0.2, 0.25) is 0 Å². The minimum absolute atomic E-state index is 0.0102. The molecule has 1 heterocycles. The SMILES string of the molecule is C[C@@H](OC(=O)CCc1nc2ccccc2c(=O)n1C)C(N)=O. The highest BCUT2D eigenvalue weighted by Crippen LogP contribution is 2.09. The molecule has 116 valence electrons. The number of aromatic nitrogens is 2. The van der Waals surface area contributed by atoms with Gasteiger partial charge in [-0.05, 0) is 19.1 Å². The third kappa shape index (κ3) is 3.30. The number of nitrogens with zero attached hydrogens (tertiary/aromatic N) is 2. The molecule has 0 unspecified atom stereocenters. The average Bonchev–Trinajstić information content (AvgIpc) is 2.49. The minimum atomic E-state index is -0.971. The van der Waals surface area contributed by atoms with Gasteiger partial charge in [0.15, 0.2) is 6.10 Å². The summed E-state index contributed by atoms with van der Waals surface area (Å²) in [6.45, 7) is 1.41. The number of ether oxygens (including phenoxy) is 1. The van der Waals surface area contributed by atoms with Gasteiger partial charge in [-0.15, -0.1) is 0 Å². The number of rotatable bonds is 5. The topological polar surface area (TPSA) is 104 Å². The summed E-state index contributed by atoms with van der Waals surface area (Å²) in [6.07, 6.45) is -0.724. The fraction of sp³-hybridized carbons (Fsp3) is 0.333. The second-order valence-electron chi connectivity index (χ2n) is 4.94. The smallest absolute Gasteiger partial charge is 0.307 e. The van der Waals surface area contributed by atoms with Crippen molar-refractivity contribution in [3.63, 3.8) is 0 Å². The highest BCUT2D eigenvalue weighted by molar-refractivity contribution is 5.82. The molecule has 0 fully saturated rings. The maximum Gasteiger partial charge on any atom is 0.307 e. The predicted octanol–water partition coefficient (Wildman–Crippen LogP) is 0.283. The van der Waals surface area contributed by atoms with Gasteiger partial charge in [0.25, 0.3) is 11.5 Å². The van der Waals surface area contributed by atoms with E-state index in [-0.39, 0.29) is 18.4 Å². The number of esters is 1. The van der Waals surface area contributed by atoms with E-state index in [1.807, 2.05) is 0 Å². The first-order valence-corrected chi connectivity index (χ1v) is 6.83. The lowest BCUT2D eigenvalue weighted by Gasteiger charge is -2.11. The number of para-hydroxylation sites is 1. The van der Waals surface area contributed by atoms with Crippen LogP contribution < -0.4 is 11.3 Å². The summed E-state index contributed by atoms with van der Waals surface area (Å²) in [6, 6.07) is 7.01. The van der Waals surface area contributed by atoms with Crippen molar-refractivity contribution in [3.8, 4) is 0 Å². The lowest BCUT2D eigenvalue weighted by molar-refractivity contribution is -0.153. The Bertz CT molecular complexity index is 782. The van der Waals surface area contributed by atoms with Gasteiger partial charge in [0.2, 0.25) is 0 Å². The Morgan fingerprint density at radius 2 is 2.05 bits per heavy atom. The summed E-state index contributed by atoms with van der Waals surface area (Å²) in [5.74, 6) is -0.786. The van der Waals surface area contributed by atoms with Crippen LogP contribution in [-0.4, -0.2) is 27.5 Å². The van der Waals surface area contributed by atoms with E-state index in [9.17, 15) is 14.4 Å². The van der Waals surface area contributed by atoms with Gasteiger partial charge in [0.1, 0.15) is 5.82 Å². The van der Waals surface area contributed by atoms with Gasteiger partial charge >= 0.3 is 5.97 Å². The van der Waals surface area contributed by atoms with Crippen LogP contribution in [0, 0.1) is 0 Å². The molecule has 0 bridgehead atoms. The van der Waals surface area contributed by atoms with Crippen molar-refractivity contribution in [1.29, 1.82) is 0 Å². The Balaban J connectivity index is 2.15. The molecule has 1 amide bonds. The van der Waals surface area contributed by atoms with Gasteiger partial charge in [0, 0.05) is 13.5 Å². The number of hydrogen-bond acceptors (Lipinski definition) is 5. The molecule has 0 aliphatic rings. The van der Waals surface area contributed by atoms with Crippen molar-refractivity contribution in [2.24, 2.45) is 12.8 Å². The van der Waals surface area contributed by atoms with Crippen molar-refractivity contribution < 1.29 is 14.3 Å². The molecule has 2 rings (SSSR count). The maximum atomic E-state index is 12.2. The number of fused-ring (bicyclic) bond motifs is 1. The van der Waals surface area contributed by atoms with E-state index in [1.165, 1.54) is 11.5 Å². The van der Waals surface area contributed by atoms with Crippen LogP contribution in [0.3, 0.4) is 0 Å². The zero-order valence-electron chi connectivity index (χ0n) is 12.4. The highest BCUT2D eigenvalue weighted by atomic mass is 16.5. The number of aryl methyl sites for hydroxylation is 1. The van der Waals surface area contributed by atoms with Crippen molar-refractivity contribution in [2.45, 2.75) is 25.9 Å². The molecule has 0 saturated carbocycles. The van der Waals surface area contributed by atoms with Crippen LogP contribution in [0.25, 0.3) is 10.9 Å². The Morgan fingerprint density at radius 1 is 1.36 bits per heavy atom. The van der Waals surface area contributed by atoms with Gasteiger partial charge in [-0.25, -0.2) is 4.98 Å². The van der Waals surface area contributed by atoms with Crippen molar-refractivity contribution in [3.05, 3.63) is 40.4 Å². The van der Waals surface area contributed by atoms with E-state index in [0.717, 1.165) is 0 Å². The molecular weight excluding hydrogens is 286 g/mol. The first-order valence-electron chi connectivity index (χ1n) is 6.83. The van der Waals surface area contributed by atoms with E-state index in [0.29, 0.717) is 16.7 Å². The third-order valence-electron chi connectivity index (χ3n) is 3.34. The molecule has 2 aromatic rings. The maximum absolute atomic E-state index is 12.2. The molecule has 1 aromatic carbocycles. The predicted molar refractivity (Wildman–Crippen MR) is 80.1 cm³/mol. The number of benzene rings is 1. The number of primary amides is 1. The second kappa shape index (κ2) is 6.38. The molecule has 1 atom stereocenters. The van der Waals surface area contributed by atoms with Gasteiger partial charge in [-0.1, -0.05) is 12.1 Å². The largest absolute Gasteiger partial charge is 0.453 e. The summed E-state index contributed by atoms with van der Waals surface area (Å²) in [5, 5.41) is 0.527. The van der Waals surface area contributed by atoms with Crippen molar-refractivity contribution in [1.82, 2.24) is 9.55 Å². The van der Waals surface area contributed by atoms with Crippen LogP contribution in [0.15, 0.2) is 29.1 Å². The van der Waals surface area contributed by atoms with Crippen LogP contribution in [0.4, 0.5) is 0 Å². The number of hydrogen-bond donors (Lipinski definition) is 1. The first-order chi connectivity index (χ1) is 10.4. The van der Waals surface area contributed by atoms with Crippen LogP contribution in [0.1, 0.15) is 19.2 Å². The van der Waals surface area contributed by atoms with E-state index >= 15 is 0 Å². The van der Waals surface area contributed by atoms with Crippen LogP contribution in [0.5, 0.6) is 0 Å². The summed E-state index contributed by atoms with van der Waals surface area (Å²) in [4.78, 5) is 39.1. The first kappa shape index (κ1) is 15.7. The molecule has 0 radical (unpaired) electrons. The van der Waals surface area contributed by atoms with Crippen LogP contribution in [-0.2, 0) is 27.8 Å². The number of carbonyl (C=O) groups is 2. The molecule has 7 heteroatoms. The Labute approximate surface area is 126 Å². The molecular formula is C15H17N3O4. The minimum Gasteiger partial charge on any atom is -0.453 e. The molecule has 1 aromatic heterocycles. The molecule has 0 saturated heterocycles. The zero-order chi connectivity index (χ0) is 16.3. The van der Waals surface area contributed by atoms with Crippen LogP contribution >= 0.6 is 0 Å². The Kier molecular flexibility index (Phi) is 4.55. The van der Waals surface area contributed by atoms with Gasteiger partial charge in [-0.3, -0.25) is 19.0 Å². The molecule has 0 spiro atoms. The normalized spacial score (nSPS) is 12.1. The summed E-state index contributed by atoms with van der Waals surface area (Å²) < 4.78 is 6.27. The number of carbonyl (C=O) groups excluding carboxylic acids is 2. The standard InChI is InChI=1S/C15H17N3O4/c1-9(14(16)20)22-13(19)8-7-12-17-11-6-4-3-5-10(11)15(21)18(12)2/h3-6,9H,7-8H2,1-2H3,(H2,16,20)/t9-/m1/s1. The lowest BCUT2D eigenvalue weighted by atomic mass is 10.2. The second-order valence-corrected chi connectivity index (χ2v) is 4.94. The van der Waals surface area contributed by atoms with Gasteiger partial charge in [0.05, 0.1) is 17.3 Å². The fourth-order valence-corrected chi connectivity index (χ4v) is 2.02. The van der Waals surface area contributed by atoms with Crippen molar-refractivity contribution >= 4 is 22.8 Å². The van der Waals surface area contributed by atoms with E-state index in [1.54, 1.807) is 31.3 Å². The third-order valence-corrected chi connectivity index (χ3v) is 3.34. The zero-order valence-corrected chi connectivity index (χ0v) is 12.4. The summed E-state index contributed by atoms with van der Waals surface area (Å²) in [7, 11) is 1.61. The molecule has 2 N–H and O–H groups in total. The molecule has 22 heavy (non-hydrogen) atoms. The summed E-state index contributed by atoms with van der Waals surface area (Å²) in [5.41, 5.74) is 5.44. The van der Waals surface area contributed by atoms with E-state index in [4.69, 9.17) is 10.5 Å². The van der Waals surface area contributed by atoms with E-state index in [2.05, 4.69) is 4.98 Å². The lowest BCUT2D eigenvalue weighted by Crippen LogP contribution is -2.30.